The Morgan fingerprint density at radius 2 is 1.82 bits per heavy atom. The van der Waals surface area contributed by atoms with Gasteiger partial charge in [-0.15, -0.1) is 5.10 Å². The Balaban J connectivity index is 1.87. The third kappa shape index (κ3) is 3.29. The standard InChI is InChI=1S/C20H16F2N4O2/c1-28-12-15-10-18-24-25(11-13-7-8-16(21)17(22)9-13)20(27)26(18)19(23-15)14-5-3-2-4-6-14/h2-10H,11-12H2,1H3. The first-order valence-corrected chi connectivity index (χ1v) is 8.54. The van der Waals surface area contributed by atoms with Crippen LogP contribution in [0.15, 0.2) is 59.4 Å². The highest BCUT2D eigenvalue weighted by Gasteiger charge is 2.16. The van der Waals surface area contributed by atoms with E-state index in [0.717, 1.165) is 17.7 Å². The van der Waals surface area contributed by atoms with Gasteiger partial charge in [-0.05, 0) is 17.7 Å². The van der Waals surface area contributed by atoms with E-state index in [1.54, 1.807) is 13.2 Å². The Labute approximate surface area is 158 Å². The molecule has 2 heterocycles. The van der Waals surface area contributed by atoms with Crippen LogP contribution in [-0.2, 0) is 17.9 Å². The SMILES string of the molecule is COCc1cc2nn(Cc3ccc(F)c(F)c3)c(=O)n2c(-c2ccccc2)n1. The van der Waals surface area contributed by atoms with Gasteiger partial charge in [0.25, 0.3) is 0 Å². The monoisotopic (exact) mass is 382 g/mol. The molecule has 8 heteroatoms. The zero-order chi connectivity index (χ0) is 19.7. The molecule has 2 aromatic heterocycles. The van der Waals surface area contributed by atoms with E-state index >= 15 is 0 Å². The summed E-state index contributed by atoms with van der Waals surface area (Å²) in [4.78, 5) is 17.5. The third-order valence-corrected chi connectivity index (χ3v) is 4.26. The maximum Gasteiger partial charge on any atom is 0.352 e. The highest BCUT2D eigenvalue weighted by molar-refractivity contribution is 5.59. The van der Waals surface area contributed by atoms with Gasteiger partial charge in [0, 0.05) is 18.7 Å². The molecule has 28 heavy (non-hydrogen) atoms. The van der Waals surface area contributed by atoms with Crippen LogP contribution in [0.4, 0.5) is 8.78 Å². The summed E-state index contributed by atoms with van der Waals surface area (Å²) < 4.78 is 34.4. The normalized spacial score (nSPS) is 11.2. The van der Waals surface area contributed by atoms with Crippen molar-refractivity contribution in [1.82, 2.24) is 19.2 Å². The summed E-state index contributed by atoms with van der Waals surface area (Å²) in [5, 5.41) is 4.34. The highest BCUT2D eigenvalue weighted by Crippen LogP contribution is 2.18. The Kier molecular flexibility index (Phi) is 4.70. The van der Waals surface area contributed by atoms with Crippen LogP contribution in [0.5, 0.6) is 0 Å². The van der Waals surface area contributed by atoms with Gasteiger partial charge in [-0.1, -0.05) is 36.4 Å². The summed E-state index contributed by atoms with van der Waals surface area (Å²) in [6.07, 6.45) is 0. The smallest absolute Gasteiger partial charge is 0.352 e. The number of rotatable bonds is 5. The molecule has 0 fully saturated rings. The molecule has 0 spiro atoms. The van der Waals surface area contributed by atoms with Crippen molar-refractivity contribution in [3.05, 3.63) is 88.0 Å². The van der Waals surface area contributed by atoms with Gasteiger partial charge in [0.2, 0.25) is 0 Å². The topological polar surface area (TPSA) is 61.4 Å². The molecule has 2 aromatic carbocycles. The zero-order valence-electron chi connectivity index (χ0n) is 15.0. The number of benzene rings is 2. The van der Waals surface area contributed by atoms with Crippen LogP contribution in [0.1, 0.15) is 11.3 Å². The molecule has 0 amide bonds. The molecule has 0 aliphatic rings. The molecule has 0 N–H and O–H groups in total. The molecular weight excluding hydrogens is 366 g/mol. The molecule has 6 nitrogen and oxygen atoms in total. The summed E-state index contributed by atoms with van der Waals surface area (Å²) in [6.45, 7) is 0.270. The molecule has 4 rings (SSSR count). The van der Waals surface area contributed by atoms with Crippen molar-refractivity contribution in [2.24, 2.45) is 0 Å². The summed E-state index contributed by atoms with van der Waals surface area (Å²) >= 11 is 0. The van der Waals surface area contributed by atoms with Gasteiger partial charge in [-0.3, -0.25) is 0 Å². The highest BCUT2D eigenvalue weighted by atomic mass is 19.2. The average molecular weight is 382 g/mol. The number of halogens is 2. The molecule has 0 aliphatic heterocycles. The molecule has 0 aliphatic carbocycles. The van der Waals surface area contributed by atoms with Crippen molar-refractivity contribution in [2.45, 2.75) is 13.2 Å². The quantitative estimate of drug-likeness (QED) is 0.532. The lowest BCUT2D eigenvalue weighted by atomic mass is 10.2. The van der Waals surface area contributed by atoms with Crippen LogP contribution in [-0.4, -0.2) is 26.3 Å². The number of hydrogen-bond acceptors (Lipinski definition) is 4. The first-order valence-electron chi connectivity index (χ1n) is 8.54. The van der Waals surface area contributed by atoms with Crippen molar-refractivity contribution >= 4 is 5.65 Å². The van der Waals surface area contributed by atoms with E-state index in [0.29, 0.717) is 22.7 Å². The lowest BCUT2D eigenvalue weighted by Gasteiger charge is -2.06. The Hall–Kier alpha value is -3.39. The summed E-state index contributed by atoms with van der Waals surface area (Å²) in [5.41, 5.74) is 1.78. The minimum absolute atomic E-state index is 0.00551. The van der Waals surface area contributed by atoms with Gasteiger partial charge < -0.3 is 4.74 Å². The molecule has 0 bridgehead atoms. The number of hydrogen-bond donors (Lipinski definition) is 0. The van der Waals surface area contributed by atoms with Gasteiger partial charge in [-0.2, -0.15) is 0 Å². The third-order valence-electron chi connectivity index (χ3n) is 4.26. The van der Waals surface area contributed by atoms with E-state index in [1.807, 2.05) is 30.3 Å². The molecular formula is C20H16F2N4O2. The molecule has 142 valence electrons. The van der Waals surface area contributed by atoms with Crippen LogP contribution in [0.3, 0.4) is 0 Å². The second-order valence-electron chi connectivity index (χ2n) is 6.25. The van der Waals surface area contributed by atoms with Crippen LogP contribution in [0, 0.1) is 11.6 Å². The van der Waals surface area contributed by atoms with Crippen LogP contribution >= 0.6 is 0 Å². The Bertz CT molecular complexity index is 1200. The second kappa shape index (κ2) is 7.32. The summed E-state index contributed by atoms with van der Waals surface area (Å²) in [6, 6.07) is 14.4. The molecule has 0 unspecified atom stereocenters. The fraction of sp³-hybridized carbons (Fsp3) is 0.150. The number of aromatic nitrogens is 4. The molecule has 0 radical (unpaired) electrons. The van der Waals surface area contributed by atoms with E-state index in [2.05, 4.69) is 10.1 Å². The maximum absolute atomic E-state index is 13.5. The van der Waals surface area contributed by atoms with Gasteiger partial charge in [0.15, 0.2) is 17.3 Å². The summed E-state index contributed by atoms with van der Waals surface area (Å²) in [7, 11) is 1.56. The van der Waals surface area contributed by atoms with Crippen LogP contribution in [0.2, 0.25) is 0 Å². The number of nitrogens with zero attached hydrogens (tertiary/aromatic N) is 4. The van der Waals surface area contributed by atoms with Gasteiger partial charge in [0.05, 0.1) is 18.8 Å². The fourth-order valence-corrected chi connectivity index (χ4v) is 3.00. The van der Waals surface area contributed by atoms with E-state index < -0.39 is 17.3 Å². The molecule has 0 atom stereocenters. The average Bonchev–Trinajstić information content (AvgIpc) is 3.00. The van der Waals surface area contributed by atoms with E-state index in [4.69, 9.17) is 4.74 Å². The summed E-state index contributed by atoms with van der Waals surface area (Å²) in [5.74, 6) is -1.47. The van der Waals surface area contributed by atoms with Crippen LogP contribution < -0.4 is 5.69 Å². The number of methoxy groups -OCH3 is 1. The molecule has 0 saturated heterocycles. The predicted molar refractivity (Wildman–Crippen MR) is 98.9 cm³/mol. The Morgan fingerprint density at radius 3 is 2.54 bits per heavy atom. The van der Waals surface area contributed by atoms with Gasteiger partial charge >= 0.3 is 5.69 Å². The van der Waals surface area contributed by atoms with E-state index in [-0.39, 0.29) is 13.2 Å². The second-order valence-corrected chi connectivity index (χ2v) is 6.25. The first kappa shape index (κ1) is 18.0. The Morgan fingerprint density at radius 1 is 1.04 bits per heavy atom. The van der Waals surface area contributed by atoms with Gasteiger partial charge in [-0.25, -0.2) is 27.6 Å². The van der Waals surface area contributed by atoms with E-state index in [1.165, 1.54) is 15.1 Å². The fourth-order valence-electron chi connectivity index (χ4n) is 3.00. The van der Waals surface area contributed by atoms with Crippen LogP contribution in [0.25, 0.3) is 17.0 Å². The minimum Gasteiger partial charge on any atom is -0.378 e. The lowest BCUT2D eigenvalue weighted by Crippen LogP contribution is -2.23. The van der Waals surface area contributed by atoms with Crippen molar-refractivity contribution in [3.8, 4) is 11.4 Å². The van der Waals surface area contributed by atoms with Gasteiger partial charge in [0.1, 0.15) is 5.82 Å². The predicted octanol–water partition coefficient (Wildman–Crippen LogP) is 3.03. The van der Waals surface area contributed by atoms with Crippen molar-refractivity contribution in [2.75, 3.05) is 7.11 Å². The minimum atomic E-state index is -0.969. The van der Waals surface area contributed by atoms with E-state index in [9.17, 15) is 13.6 Å². The largest absolute Gasteiger partial charge is 0.378 e. The maximum atomic E-state index is 13.5. The molecule has 0 saturated carbocycles. The number of fused-ring (bicyclic) bond motifs is 1. The number of ether oxygens (including phenoxy) is 1. The zero-order valence-corrected chi connectivity index (χ0v) is 15.0. The molecule has 4 aromatic rings. The van der Waals surface area contributed by atoms with Crippen molar-refractivity contribution in [3.63, 3.8) is 0 Å². The lowest BCUT2D eigenvalue weighted by molar-refractivity contribution is 0.181. The van der Waals surface area contributed by atoms with Crippen molar-refractivity contribution in [1.29, 1.82) is 0 Å². The first-order chi connectivity index (χ1) is 13.6. The van der Waals surface area contributed by atoms with Crippen molar-refractivity contribution < 1.29 is 13.5 Å².